The Bertz CT molecular complexity index is 694. The predicted octanol–water partition coefficient (Wildman–Crippen LogP) is 1.76. The summed E-state index contributed by atoms with van der Waals surface area (Å²) in [5.41, 5.74) is -0.109. The first-order valence-corrected chi connectivity index (χ1v) is 8.46. The Morgan fingerprint density at radius 1 is 1.31 bits per heavy atom. The number of ether oxygens (including phenoxy) is 1. The topological polar surface area (TPSA) is 87.2 Å². The maximum absolute atomic E-state index is 14.2. The van der Waals surface area contributed by atoms with Crippen LogP contribution in [0.25, 0.3) is 0 Å². The third-order valence-electron chi connectivity index (χ3n) is 4.54. The predicted molar refractivity (Wildman–Crippen MR) is 91.5 cm³/mol. The highest BCUT2D eigenvalue weighted by Crippen LogP contribution is 2.25. The van der Waals surface area contributed by atoms with Crippen LogP contribution in [0.2, 0.25) is 0 Å². The van der Waals surface area contributed by atoms with Crippen LogP contribution in [0.3, 0.4) is 0 Å². The molecule has 26 heavy (non-hydrogen) atoms. The van der Waals surface area contributed by atoms with E-state index in [4.69, 9.17) is 9.84 Å². The fourth-order valence-electron chi connectivity index (χ4n) is 3.28. The van der Waals surface area contributed by atoms with Crippen molar-refractivity contribution in [2.75, 3.05) is 26.7 Å². The minimum Gasteiger partial charge on any atom is -0.496 e. The zero-order valence-electron chi connectivity index (χ0n) is 14.9. The van der Waals surface area contributed by atoms with Crippen LogP contribution < -0.4 is 4.74 Å². The smallest absolute Gasteiger partial charge is 0.323 e. The van der Waals surface area contributed by atoms with E-state index in [-0.39, 0.29) is 29.8 Å². The van der Waals surface area contributed by atoms with E-state index in [0.717, 1.165) is 0 Å². The third kappa shape index (κ3) is 4.50. The molecular formula is C18H23FN2O5. The minimum absolute atomic E-state index is 0.109. The number of methoxy groups -OCH3 is 1. The summed E-state index contributed by atoms with van der Waals surface area (Å²) in [5.74, 6) is -2.33. The number of carbonyl (C=O) groups is 3. The van der Waals surface area contributed by atoms with Crippen molar-refractivity contribution in [3.8, 4) is 5.75 Å². The van der Waals surface area contributed by atoms with Crippen LogP contribution >= 0.6 is 0 Å². The van der Waals surface area contributed by atoms with Gasteiger partial charge in [-0.2, -0.15) is 0 Å². The number of hydrogen-bond acceptors (Lipinski definition) is 4. The monoisotopic (exact) mass is 366 g/mol. The highest BCUT2D eigenvalue weighted by Gasteiger charge is 2.29. The number of amides is 2. The summed E-state index contributed by atoms with van der Waals surface area (Å²) >= 11 is 0. The van der Waals surface area contributed by atoms with Crippen molar-refractivity contribution >= 4 is 17.8 Å². The molecule has 1 heterocycles. The Morgan fingerprint density at radius 2 is 2.04 bits per heavy atom. The van der Waals surface area contributed by atoms with Gasteiger partial charge in [0.15, 0.2) is 0 Å². The van der Waals surface area contributed by atoms with Gasteiger partial charge in [0.2, 0.25) is 5.91 Å². The molecule has 0 radical (unpaired) electrons. The van der Waals surface area contributed by atoms with E-state index in [9.17, 15) is 18.8 Å². The second kappa shape index (κ2) is 8.64. The number of carboxylic acid groups (broad SMARTS) is 1. The molecule has 1 N–H and O–H groups in total. The zero-order chi connectivity index (χ0) is 19.3. The lowest BCUT2D eigenvalue weighted by atomic mass is 10.1. The van der Waals surface area contributed by atoms with Crippen molar-refractivity contribution in [2.45, 2.75) is 32.2 Å². The quantitative estimate of drug-likeness (QED) is 0.858. The summed E-state index contributed by atoms with van der Waals surface area (Å²) in [7, 11) is 1.38. The number of rotatable bonds is 5. The van der Waals surface area contributed by atoms with Crippen molar-refractivity contribution in [3.05, 3.63) is 29.6 Å². The third-order valence-corrected chi connectivity index (χ3v) is 4.54. The van der Waals surface area contributed by atoms with Gasteiger partial charge in [-0.3, -0.25) is 14.4 Å². The molecule has 0 aromatic heterocycles. The fraction of sp³-hybridized carbons (Fsp3) is 0.500. The summed E-state index contributed by atoms with van der Waals surface area (Å²) in [4.78, 5) is 38.4. The van der Waals surface area contributed by atoms with E-state index in [1.54, 1.807) is 0 Å². The number of benzene rings is 1. The molecule has 1 fully saturated rings. The molecule has 8 heteroatoms. The molecule has 1 atom stereocenters. The molecule has 1 aromatic rings. The fourth-order valence-corrected chi connectivity index (χ4v) is 3.28. The maximum Gasteiger partial charge on any atom is 0.323 e. The largest absolute Gasteiger partial charge is 0.496 e. The van der Waals surface area contributed by atoms with Gasteiger partial charge < -0.3 is 19.6 Å². The molecule has 7 nitrogen and oxygen atoms in total. The van der Waals surface area contributed by atoms with Crippen LogP contribution in [-0.2, 0) is 9.59 Å². The molecule has 1 aromatic carbocycles. The summed E-state index contributed by atoms with van der Waals surface area (Å²) in [6, 6.07) is 3.95. The number of hydrogen-bond donors (Lipinski definition) is 1. The minimum atomic E-state index is -1.08. The van der Waals surface area contributed by atoms with E-state index < -0.39 is 17.7 Å². The normalized spacial score (nSPS) is 17.3. The molecule has 0 aliphatic carbocycles. The second-order valence-corrected chi connectivity index (χ2v) is 6.23. The Labute approximate surface area is 151 Å². The van der Waals surface area contributed by atoms with Gasteiger partial charge in [-0.25, -0.2) is 4.39 Å². The lowest BCUT2D eigenvalue weighted by Gasteiger charge is -2.29. The molecule has 0 spiro atoms. The van der Waals surface area contributed by atoms with Gasteiger partial charge in [-0.15, -0.1) is 0 Å². The zero-order valence-corrected chi connectivity index (χ0v) is 14.9. The van der Waals surface area contributed by atoms with Gasteiger partial charge in [0.05, 0.1) is 7.11 Å². The summed E-state index contributed by atoms with van der Waals surface area (Å²) in [6.07, 6.45) is 1.62. The number of carboxylic acids is 1. The van der Waals surface area contributed by atoms with Crippen molar-refractivity contribution < 1.29 is 28.6 Å². The molecule has 2 amide bonds. The van der Waals surface area contributed by atoms with Crippen molar-refractivity contribution in [3.63, 3.8) is 0 Å². The number of halogens is 1. The number of nitrogens with zero attached hydrogens (tertiary/aromatic N) is 2. The Hall–Kier alpha value is -2.64. The lowest BCUT2D eigenvalue weighted by molar-refractivity contribution is -0.145. The van der Waals surface area contributed by atoms with Gasteiger partial charge >= 0.3 is 5.97 Å². The Balaban J connectivity index is 2.14. The SMILES string of the molecule is COc1cccc(F)c1C(=O)N1CCCC(N(CC(=O)O)C(C)=O)CC1. The summed E-state index contributed by atoms with van der Waals surface area (Å²) in [6.45, 7) is 1.69. The Morgan fingerprint density at radius 3 is 2.65 bits per heavy atom. The van der Waals surface area contributed by atoms with Crippen molar-refractivity contribution in [1.29, 1.82) is 0 Å². The first-order valence-electron chi connectivity index (χ1n) is 8.46. The average Bonchev–Trinajstić information content (AvgIpc) is 2.84. The first kappa shape index (κ1) is 19.7. The highest BCUT2D eigenvalue weighted by atomic mass is 19.1. The second-order valence-electron chi connectivity index (χ2n) is 6.23. The molecule has 0 bridgehead atoms. The molecule has 1 unspecified atom stereocenters. The van der Waals surface area contributed by atoms with E-state index in [2.05, 4.69) is 0 Å². The average molecular weight is 366 g/mol. The molecule has 0 saturated carbocycles. The molecule has 142 valence electrons. The number of carbonyl (C=O) groups excluding carboxylic acids is 2. The van der Waals surface area contributed by atoms with E-state index in [0.29, 0.717) is 32.4 Å². The first-order chi connectivity index (χ1) is 12.3. The lowest BCUT2D eigenvalue weighted by Crippen LogP contribution is -2.43. The molecule has 1 aliphatic rings. The van der Waals surface area contributed by atoms with Crippen LogP contribution in [-0.4, -0.2) is 65.5 Å². The maximum atomic E-state index is 14.2. The van der Waals surface area contributed by atoms with E-state index >= 15 is 0 Å². The summed E-state index contributed by atoms with van der Waals surface area (Å²) in [5, 5.41) is 9.00. The van der Waals surface area contributed by atoms with Crippen LogP contribution in [0, 0.1) is 5.82 Å². The van der Waals surface area contributed by atoms with Gasteiger partial charge in [-0.05, 0) is 31.4 Å². The summed E-state index contributed by atoms with van der Waals surface area (Å²) < 4.78 is 19.3. The Kier molecular flexibility index (Phi) is 6.54. The number of aliphatic carboxylic acids is 1. The van der Waals surface area contributed by atoms with Crippen LogP contribution in [0.1, 0.15) is 36.5 Å². The standard InChI is InChI=1S/C18H23FN2O5/c1-12(22)21(11-16(23)24)13-5-4-9-20(10-8-13)18(25)17-14(19)6-3-7-15(17)26-2/h3,6-7,13H,4-5,8-11H2,1-2H3,(H,23,24). The highest BCUT2D eigenvalue weighted by molar-refractivity contribution is 5.97. The van der Waals surface area contributed by atoms with E-state index in [1.807, 2.05) is 0 Å². The molecule has 2 rings (SSSR count). The molecule has 1 saturated heterocycles. The van der Waals surface area contributed by atoms with Crippen molar-refractivity contribution in [1.82, 2.24) is 9.80 Å². The van der Waals surface area contributed by atoms with Gasteiger partial charge in [0.25, 0.3) is 5.91 Å². The van der Waals surface area contributed by atoms with Gasteiger partial charge in [0.1, 0.15) is 23.7 Å². The van der Waals surface area contributed by atoms with E-state index in [1.165, 1.54) is 42.0 Å². The molecular weight excluding hydrogens is 343 g/mol. The van der Waals surface area contributed by atoms with Crippen molar-refractivity contribution in [2.24, 2.45) is 0 Å². The number of likely N-dealkylation sites (tertiary alicyclic amines) is 1. The van der Waals surface area contributed by atoms with Gasteiger partial charge in [0, 0.05) is 26.1 Å². The van der Waals surface area contributed by atoms with Gasteiger partial charge in [-0.1, -0.05) is 6.07 Å². The van der Waals surface area contributed by atoms with Crippen LogP contribution in [0.5, 0.6) is 5.75 Å². The molecule has 1 aliphatic heterocycles. The van der Waals surface area contributed by atoms with Crippen LogP contribution in [0.15, 0.2) is 18.2 Å². The van der Waals surface area contributed by atoms with Crippen LogP contribution in [0.4, 0.5) is 4.39 Å².